The Labute approximate surface area is 99.6 Å². The lowest BCUT2D eigenvalue weighted by molar-refractivity contribution is 0.0988. The second-order valence-corrected chi connectivity index (χ2v) is 3.73. The van der Waals surface area contributed by atoms with Gasteiger partial charge in [-0.2, -0.15) is 0 Å². The van der Waals surface area contributed by atoms with Gasteiger partial charge in [-0.15, -0.1) is 0 Å². The Bertz CT molecular complexity index is 514. The zero-order chi connectivity index (χ0) is 12.3. The summed E-state index contributed by atoms with van der Waals surface area (Å²) in [5.74, 6) is -0.0864. The maximum absolute atomic E-state index is 11.7. The quantitative estimate of drug-likeness (QED) is 0.880. The number of benzene rings is 1. The van der Waals surface area contributed by atoms with E-state index >= 15 is 0 Å². The average molecular weight is 229 g/mol. The molecule has 87 valence electrons. The van der Waals surface area contributed by atoms with Gasteiger partial charge in [0.05, 0.1) is 5.69 Å². The van der Waals surface area contributed by atoms with E-state index in [-0.39, 0.29) is 11.7 Å². The second kappa shape index (κ2) is 4.82. The van der Waals surface area contributed by atoms with Crippen molar-refractivity contribution in [3.8, 4) is 0 Å². The van der Waals surface area contributed by atoms with E-state index in [0.717, 1.165) is 17.7 Å². The number of hydrogen-bond acceptors (Lipinski definition) is 3. The van der Waals surface area contributed by atoms with Gasteiger partial charge in [0.1, 0.15) is 0 Å². The van der Waals surface area contributed by atoms with Gasteiger partial charge >= 0.3 is 0 Å². The summed E-state index contributed by atoms with van der Waals surface area (Å²) in [4.78, 5) is 11.7. The summed E-state index contributed by atoms with van der Waals surface area (Å²) < 4.78 is 4.87. The SMILES string of the molecule is [CH2]Cc1ccc(NC(=O)c2cc(C)no2)cc1. The van der Waals surface area contributed by atoms with Crippen LogP contribution in [0.3, 0.4) is 0 Å². The van der Waals surface area contributed by atoms with Crippen molar-refractivity contribution in [2.45, 2.75) is 13.3 Å². The van der Waals surface area contributed by atoms with Crippen LogP contribution in [-0.4, -0.2) is 11.1 Å². The first-order valence-corrected chi connectivity index (χ1v) is 5.32. The van der Waals surface area contributed by atoms with Crippen LogP contribution in [0.5, 0.6) is 0 Å². The zero-order valence-electron chi connectivity index (χ0n) is 9.56. The van der Waals surface area contributed by atoms with Crippen molar-refractivity contribution in [1.82, 2.24) is 5.16 Å². The Kier molecular flexibility index (Phi) is 3.23. The van der Waals surface area contributed by atoms with Crippen LogP contribution >= 0.6 is 0 Å². The van der Waals surface area contributed by atoms with E-state index in [1.165, 1.54) is 0 Å². The Balaban J connectivity index is 2.07. The van der Waals surface area contributed by atoms with Crippen LogP contribution in [0.4, 0.5) is 5.69 Å². The van der Waals surface area contributed by atoms with Gasteiger partial charge in [-0.05, 0) is 38.0 Å². The molecular weight excluding hydrogens is 216 g/mol. The number of aryl methyl sites for hydroxylation is 1. The first-order chi connectivity index (χ1) is 8.19. The molecule has 0 atom stereocenters. The molecule has 4 nitrogen and oxygen atoms in total. The van der Waals surface area contributed by atoms with Gasteiger partial charge in [-0.3, -0.25) is 4.79 Å². The maximum atomic E-state index is 11.7. The third kappa shape index (κ3) is 2.72. The lowest BCUT2D eigenvalue weighted by Crippen LogP contribution is -2.10. The third-order valence-corrected chi connectivity index (χ3v) is 2.35. The lowest BCUT2D eigenvalue weighted by atomic mass is 10.1. The number of carbonyl (C=O) groups excluding carboxylic acids is 1. The number of nitrogens with zero attached hydrogens (tertiary/aromatic N) is 1. The molecule has 1 aromatic heterocycles. The highest BCUT2D eigenvalue weighted by Crippen LogP contribution is 2.12. The minimum Gasteiger partial charge on any atom is -0.351 e. The predicted octanol–water partition coefficient (Wildman–Crippen LogP) is 2.61. The molecule has 1 radical (unpaired) electrons. The van der Waals surface area contributed by atoms with Crippen LogP contribution in [-0.2, 0) is 6.42 Å². The van der Waals surface area contributed by atoms with Gasteiger partial charge in [-0.1, -0.05) is 17.3 Å². The highest BCUT2D eigenvalue weighted by Gasteiger charge is 2.11. The summed E-state index contributed by atoms with van der Waals surface area (Å²) >= 11 is 0. The second-order valence-electron chi connectivity index (χ2n) is 3.73. The Morgan fingerprint density at radius 2 is 2.12 bits per heavy atom. The van der Waals surface area contributed by atoms with E-state index in [0.29, 0.717) is 5.69 Å². The topological polar surface area (TPSA) is 55.1 Å². The summed E-state index contributed by atoms with van der Waals surface area (Å²) in [6, 6.07) is 9.12. The number of rotatable bonds is 3. The molecule has 0 aliphatic heterocycles. The Morgan fingerprint density at radius 3 is 2.65 bits per heavy atom. The lowest BCUT2D eigenvalue weighted by Gasteiger charge is -2.03. The summed E-state index contributed by atoms with van der Waals surface area (Å²) in [5, 5.41) is 6.39. The standard InChI is InChI=1S/C13H13N2O2/c1-3-10-4-6-11(7-5-10)14-13(16)12-8-9(2)15-17-12/h4-8H,1,3H2,2H3,(H,14,16). The van der Waals surface area contributed by atoms with Crippen molar-refractivity contribution in [2.75, 3.05) is 5.32 Å². The zero-order valence-corrected chi connectivity index (χ0v) is 9.56. The highest BCUT2D eigenvalue weighted by molar-refractivity contribution is 6.02. The van der Waals surface area contributed by atoms with Gasteiger partial charge in [0.25, 0.3) is 5.91 Å². The number of aromatic nitrogens is 1. The molecule has 17 heavy (non-hydrogen) atoms. The van der Waals surface area contributed by atoms with Crippen molar-refractivity contribution in [3.05, 3.63) is 54.3 Å². The van der Waals surface area contributed by atoms with Crippen molar-refractivity contribution in [3.63, 3.8) is 0 Å². The van der Waals surface area contributed by atoms with Crippen LogP contribution in [0, 0.1) is 13.8 Å². The number of nitrogens with one attached hydrogen (secondary N) is 1. The summed E-state index contributed by atoms with van der Waals surface area (Å²) in [6.45, 7) is 5.55. The van der Waals surface area contributed by atoms with Crippen LogP contribution in [0.2, 0.25) is 0 Å². The van der Waals surface area contributed by atoms with E-state index in [2.05, 4.69) is 17.4 Å². The van der Waals surface area contributed by atoms with E-state index in [1.54, 1.807) is 13.0 Å². The molecule has 0 saturated heterocycles. The predicted molar refractivity (Wildman–Crippen MR) is 64.7 cm³/mol. The summed E-state index contributed by atoms with van der Waals surface area (Å²) in [6.07, 6.45) is 0.732. The monoisotopic (exact) mass is 229 g/mol. The van der Waals surface area contributed by atoms with Crippen molar-refractivity contribution < 1.29 is 9.32 Å². The minimum absolute atomic E-state index is 0.212. The van der Waals surface area contributed by atoms with E-state index < -0.39 is 0 Å². The minimum atomic E-state index is -0.298. The largest absolute Gasteiger partial charge is 0.351 e. The van der Waals surface area contributed by atoms with Gasteiger partial charge in [0.2, 0.25) is 5.76 Å². The molecule has 0 fully saturated rings. The molecule has 2 aromatic rings. The van der Waals surface area contributed by atoms with Gasteiger partial charge < -0.3 is 9.84 Å². The van der Waals surface area contributed by atoms with Crippen molar-refractivity contribution >= 4 is 11.6 Å². The number of carbonyl (C=O) groups is 1. The molecule has 2 rings (SSSR count). The molecule has 0 bridgehead atoms. The van der Waals surface area contributed by atoms with Gasteiger partial charge in [0, 0.05) is 11.8 Å². The van der Waals surface area contributed by atoms with Crippen LogP contribution in [0.15, 0.2) is 34.9 Å². The smallest absolute Gasteiger partial charge is 0.294 e. The fourth-order valence-corrected chi connectivity index (χ4v) is 1.42. The normalized spacial score (nSPS) is 10.2. The fraction of sp³-hybridized carbons (Fsp3) is 0.154. The molecule has 1 aromatic carbocycles. The first kappa shape index (κ1) is 11.4. The Hall–Kier alpha value is -2.10. The molecular formula is C13H13N2O2. The molecule has 4 heteroatoms. The van der Waals surface area contributed by atoms with Gasteiger partial charge in [0.15, 0.2) is 0 Å². The van der Waals surface area contributed by atoms with Crippen LogP contribution in [0.1, 0.15) is 21.8 Å². The van der Waals surface area contributed by atoms with E-state index in [1.807, 2.05) is 24.3 Å². The molecule has 0 aliphatic carbocycles. The van der Waals surface area contributed by atoms with Gasteiger partial charge in [-0.25, -0.2) is 0 Å². The van der Waals surface area contributed by atoms with Crippen molar-refractivity contribution in [1.29, 1.82) is 0 Å². The van der Waals surface area contributed by atoms with E-state index in [9.17, 15) is 4.79 Å². The molecule has 1 N–H and O–H groups in total. The third-order valence-electron chi connectivity index (χ3n) is 2.35. The van der Waals surface area contributed by atoms with Crippen molar-refractivity contribution in [2.24, 2.45) is 0 Å². The molecule has 1 heterocycles. The first-order valence-electron chi connectivity index (χ1n) is 5.32. The maximum Gasteiger partial charge on any atom is 0.294 e. The molecule has 0 aliphatic rings. The Morgan fingerprint density at radius 1 is 1.41 bits per heavy atom. The fourth-order valence-electron chi connectivity index (χ4n) is 1.42. The highest BCUT2D eigenvalue weighted by atomic mass is 16.5. The molecule has 0 unspecified atom stereocenters. The molecule has 0 spiro atoms. The summed E-state index contributed by atoms with van der Waals surface area (Å²) in [5.41, 5.74) is 2.53. The van der Waals surface area contributed by atoms with E-state index in [4.69, 9.17) is 4.52 Å². The number of anilines is 1. The summed E-state index contributed by atoms with van der Waals surface area (Å²) in [7, 11) is 0. The molecule has 0 saturated carbocycles. The molecule has 1 amide bonds. The van der Waals surface area contributed by atoms with Crippen LogP contribution < -0.4 is 5.32 Å². The number of hydrogen-bond donors (Lipinski definition) is 1. The van der Waals surface area contributed by atoms with Crippen LogP contribution in [0.25, 0.3) is 0 Å². The average Bonchev–Trinajstić information content (AvgIpc) is 2.77. The number of amides is 1.